The van der Waals surface area contributed by atoms with E-state index in [1.165, 1.54) is 0 Å². The van der Waals surface area contributed by atoms with Crippen LogP contribution in [-0.4, -0.2) is 19.3 Å². The van der Waals surface area contributed by atoms with Crippen LogP contribution in [0.15, 0.2) is 12.1 Å². The number of unbranched alkanes of at least 4 members (excludes halogenated alkanes) is 2. The molecule has 4 nitrogen and oxygen atoms in total. The number of rotatable bonds is 7. The summed E-state index contributed by atoms with van der Waals surface area (Å²) < 4.78 is 10.6. The van der Waals surface area contributed by atoms with E-state index in [-0.39, 0.29) is 11.8 Å². The Morgan fingerprint density at radius 1 is 1.17 bits per heavy atom. The number of phenolic OH excluding ortho intramolecular Hbond substituents is 1. The third-order valence-corrected chi connectivity index (χ3v) is 3.02. The molecule has 0 saturated heterocycles. The van der Waals surface area contributed by atoms with Crippen molar-refractivity contribution >= 4 is 0 Å². The van der Waals surface area contributed by atoms with Crippen LogP contribution < -0.4 is 15.2 Å². The van der Waals surface area contributed by atoms with Gasteiger partial charge in [-0.15, -0.1) is 0 Å². The molecule has 0 amide bonds. The number of hydrogen-bond acceptors (Lipinski definition) is 4. The highest BCUT2D eigenvalue weighted by Crippen LogP contribution is 2.38. The Balaban J connectivity index is 2.96. The second-order valence-corrected chi connectivity index (χ2v) is 4.37. The molecule has 0 aromatic heterocycles. The smallest absolute Gasteiger partial charge is 0.131 e. The molecular weight excluding hydrogens is 230 g/mol. The molecule has 18 heavy (non-hydrogen) atoms. The fourth-order valence-electron chi connectivity index (χ4n) is 2.05. The van der Waals surface area contributed by atoms with Crippen LogP contribution in [0.1, 0.15) is 44.2 Å². The van der Waals surface area contributed by atoms with E-state index < -0.39 is 0 Å². The maximum absolute atomic E-state index is 9.58. The van der Waals surface area contributed by atoms with Crippen molar-refractivity contribution in [2.75, 3.05) is 14.2 Å². The minimum atomic E-state index is -0.137. The number of ether oxygens (including phenoxy) is 2. The predicted molar refractivity (Wildman–Crippen MR) is 72.3 cm³/mol. The summed E-state index contributed by atoms with van der Waals surface area (Å²) in [5, 5.41) is 9.58. The van der Waals surface area contributed by atoms with Crippen molar-refractivity contribution in [2.24, 2.45) is 5.73 Å². The monoisotopic (exact) mass is 253 g/mol. The zero-order valence-electron chi connectivity index (χ0n) is 11.4. The first-order valence-electron chi connectivity index (χ1n) is 6.34. The molecule has 1 atom stereocenters. The van der Waals surface area contributed by atoms with Gasteiger partial charge in [-0.2, -0.15) is 0 Å². The van der Waals surface area contributed by atoms with Crippen molar-refractivity contribution in [2.45, 2.75) is 38.6 Å². The summed E-state index contributed by atoms with van der Waals surface area (Å²) in [7, 11) is 3.13. The average Bonchev–Trinajstić information content (AvgIpc) is 2.37. The quantitative estimate of drug-likeness (QED) is 0.733. The molecule has 0 heterocycles. The summed E-state index contributed by atoms with van der Waals surface area (Å²) in [4.78, 5) is 0. The number of methoxy groups -OCH3 is 2. The molecule has 3 N–H and O–H groups in total. The van der Waals surface area contributed by atoms with Gasteiger partial charge in [-0.05, 0) is 6.42 Å². The molecule has 0 aliphatic rings. The fourth-order valence-corrected chi connectivity index (χ4v) is 2.05. The zero-order chi connectivity index (χ0) is 13.5. The van der Waals surface area contributed by atoms with E-state index in [2.05, 4.69) is 6.92 Å². The number of hydrogen-bond donors (Lipinski definition) is 2. The van der Waals surface area contributed by atoms with Gasteiger partial charge in [-0.1, -0.05) is 26.2 Å². The van der Waals surface area contributed by atoms with Crippen molar-refractivity contribution in [1.82, 2.24) is 0 Å². The first kappa shape index (κ1) is 14.6. The van der Waals surface area contributed by atoms with Crippen LogP contribution in [0, 0.1) is 0 Å². The fraction of sp³-hybridized carbons (Fsp3) is 0.571. The first-order chi connectivity index (χ1) is 8.63. The van der Waals surface area contributed by atoms with E-state index in [0.29, 0.717) is 11.5 Å². The topological polar surface area (TPSA) is 64.7 Å². The van der Waals surface area contributed by atoms with Gasteiger partial charge in [0.15, 0.2) is 0 Å². The number of benzene rings is 1. The lowest BCUT2D eigenvalue weighted by molar-refractivity contribution is 0.368. The lowest BCUT2D eigenvalue weighted by Gasteiger charge is -2.19. The van der Waals surface area contributed by atoms with Gasteiger partial charge in [-0.3, -0.25) is 0 Å². The molecule has 0 bridgehead atoms. The van der Waals surface area contributed by atoms with Crippen molar-refractivity contribution in [3.8, 4) is 17.2 Å². The van der Waals surface area contributed by atoms with Gasteiger partial charge in [0, 0.05) is 18.2 Å². The Hall–Kier alpha value is -1.42. The molecule has 1 aromatic carbocycles. The summed E-state index contributed by atoms with van der Waals surface area (Å²) in [5.74, 6) is 1.28. The summed E-state index contributed by atoms with van der Waals surface area (Å²) >= 11 is 0. The SMILES string of the molecule is CCCCC[C@H](N)c1c(OC)cc(O)cc1OC. The summed E-state index contributed by atoms with van der Waals surface area (Å²) in [6.45, 7) is 2.16. The van der Waals surface area contributed by atoms with Gasteiger partial charge in [-0.25, -0.2) is 0 Å². The Morgan fingerprint density at radius 3 is 2.17 bits per heavy atom. The molecule has 102 valence electrons. The van der Waals surface area contributed by atoms with E-state index in [1.807, 2.05) is 0 Å². The van der Waals surface area contributed by atoms with Gasteiger partial charge in [0.25, 0.3) is 0 Å². The Morgan fingerprint density at radius 2 is 1.72 bits per heavy atom. The van der Waals surface area contributed by atoms with Gasteiger partial charge in [0.05, 0.1) is 19.8 Å². The molecule has 0 radical (unpaired) electrons. The lowest BCUT2D eigenvalue weighted by atomic mass is 9.99. The molecular formula is C14H23NO3. The number of aromatic hydroxyl groups is 1. The minimum absolute atomic E-state index is 0.119. The van der Waals surface area contributed by atoms with Crippen molar-refractivity contribution < 1.29 is 14.6 Å². The molecule has 0 saturated carbocycles. The number of phenols is 1. The molecule has 4 heteroatoms. The molecule has 1 aromatic rings. The highest BCUT2D eigenvalue weighted by atomic mass is 16.5. The van der Waals surface area contributed by atoms with Crippen LogP contribution in [0.5, 0.6) is 17.2 Å². The minimum Gasteiger partial charge on any atom is -0.508 e. The van der Waals surface area contributed by atoms with E-state index in [4.69, 9.17) is 15.2 Å². The standard InChI is InChI=1S/C14H23NO3/c1-4-5-6-7-11(15)14-12(17-2)8-10(16)9-13(14)18-3/h8-9,11,16H,4-7,15H2,1-3H3/t11-/m0/s1. The van der Waals surface area contributed by atoms with Gasteiger partial charge >= 0.3 is 0 Å². The summed E-state index contributed by atoms with van der Waals surface area (Å²) in [6, 6.07) is 3.00. The van der Waals surface area contributed by atoms with Crippen LogP contribution in [0.25, 0.3) is 0 Å². The van der Waals surface area contributed by atoms with E-state index in [0.717, 1.165) is 31.2 Å². The van der Waals surface area contributed by atoms with E-state index in [1.54, 1.807) is 26.4 Å². The number of nitrogens with two attached hydrogens (primary N) is 1. The first-order valence-corrected chi connectivity index (χ1v) is 6.34. The summed E-state index contributed by atoms with van der Waals surface area (Å²) in [5.41, 5.74) is 7.02. The normalized spacial score (nSPS) is 12.2. The predicted octanol–water partition coefficient (Wildman–Crippen LogP) is 2.99. The van der Waals surface area contributed by atoms with Crippen LogP contribution in [0.3, 0.4) is 0 Å². The maximum atomic E-state index is 9.58. The molecule has 0 unspecified atom stereocenters. The highest BCUT2D eigenvalue weighted by molar-refractivity contribution is 5.51. The third kappa shape index (κ3) is 3.53. The molecule has 0 fully saturated rings. The van der Waals surface area contributed by atoms with Crippen LogP contribution in [0.4, 0.5) is 0 Å². The van der Waals surface area contributed by atoms with Crippen molar-refractivity contribution in [3.63, 3.8) is 0 Å². The molecule has 0 aliphatic heterocycles. The largest absolute Gasteiger partial charge is 0.508 e. The van der Waals surface area contributed by atoms with Crippen molar-refractivity contribution in [3.05, 3.63) is 17.7 Å². The van der Waals surface area contributed by atoms with Crippen molar-refractivity contribution in [1.29, 1.82) is 0 Å². The van der Waals surface area contributed by atoms with Gasteiger partial charge < -0.3 is 20.3 Å². The van der Waals surface area contributed by atoms with Gasteiger partial charge in [0.1, 0.15) is 17.2 Å². The Kier molecular flexibility index (Phi) is 5.78. The van der Waals surface area contributed by atoms with Crippen LogP contribution >= 0.6 is 0 Å². The van der Waals surface area contributed by atoms with Crippen LogP contribution in [0.2, 0.25) is 0 Å². The second kappa shape index (κ2) is 7.11. The summed E-state index contributed by atoms with van der Waals surface area (Å²) in [6.07, 6.45) is 4.28. The lowest BCUT2D eigenvalue weighted by Crippen LogP contribution is -2.13. The third-order valence-electron chi connectivity index (χ3n) is 3.02. The van der Waals surface area contributed by atoms with Crippen LogP contribution in [-0.2, 0) is 0 Å². The molecule has 0 spiro atoms. The Bertz CT molecular complexity index is 354. The second-order valence-electron chi connectivity index (χ2n) is 4.37. The van der Waals surface area contributed by atoms with Gasteiger partial charge in [0.2, 0.25) is 0 Å². The zero-order valence-corrected chi connectivity index (χ0v) is 11.4. The van der Waals surface area contributed by atoms with E-state index in [9.17, 15) is 5.11 Å². The van der Waals surface area contributed by atoms with E-state index >= 15 is 0 Å². The Labute approximate surface area is 109 Å². The average molecular weight is 253 g/mol. The maximum Gasteiger partial charge on any atom is 0.131 e. The highest BCUT2D eigenvalue weighted by Gasteiger charge is 2.18. The molecule has 1 rings (SSSR count). The molecule has 0 aliphatic carbocycles.